The SMILES string of the molecule is CC1CN(c2nc(C3(C(C)O)C=C(CC(C)(C)O)C=N3)c3nc(-c4ccccc4)c(N4CCOCC4)nc3n2)CC(C)O1. The highest BCUT2D eigenvalue weighted by atomic mass is 16.5. The lowest BCUT2D eigenvalue weighted by atomic mass is 9.87. The van der Waals surface area contributed by atoms with Crippen LogP contribution in [0.25, 0.3) is 22.4 Å². The van der Waals surface area contributed by atoms with Gasteiger partial charge in [-0.15, -0.1) is 0 Å². The summed E-state index contributed by atoms with van der Waals surface area (Å²) in [6, 6.07) is 9.98. The maximum atomic E-state index is 11.4. The number of aliphatic hydroxyl groups excluding tert-OH is 1. The van der Waals surface area contributed by atoms with E-state index in [9.17, 15) is 10.2 Å². The van der Waals surface area contributed by atoms with E-state index in [2.05, 4.69) is 9.80 Å². The monoisotopic (exact) mass is 587 g/mol. The third-order valence-corrected chi connectivity index (χ3v) is 8.06. The Bertz CT molecular complexity index is 1520. The van der Waals surface area contributed by atoms with Gasteiger partial charge in [-0.3, -0.25) is 4.99 Å². The zero-order valence-corrected chi connectivity index (χ0v) is 25.6. The topological polar surface area (TPSA) is 129 Å². The first kappa shape index (κ1) is 29.6. The van der Waals surface area contributed by atoms with Crippen molar-refractivity contribution in [3.8, 4) is 11.3 Å². The zero-order chi connectivity index (χ0) is 30.4. The number of hydrogen-bond acceptors (Lipinski definition) is 11. The minimum Gasteiger partial charge on any atom is -0.390 e. The van der Waals surface area contributed by atoms with Gasteiger partial charge in [-0.1, -0.05) is 30.3 Å². The number of rotatable bonds is 7. The molecule has 2 N–H and O–H groups in total. The molecule has 1 aromatic carbocycles. The first-order valence-corrected chi connectivity index (χ1v) is 15.1. The van der Waals surface area contributed by atoms with E-state index in [4.69, 9.17) is 34.4 Å². The highest BCUT2D eigenvalue weighted by molar-refractivity contribution is 5.88. The van der Waals surface area contributed by atoms with Crippen LogP contribution in [0.5, 0.6) is 0 Å². The van der Waals surface area contributed by atoms with E-state index in [1.807, 2.05) is 50.3 Å². The Morgan fingerprint density at radius 1 is 1.00 bits per heavy atom. The van der Waals surface area contributed by atoms with Crippen LogP contribution in [-0.4, -0.2) is 99.7 Å². The van der Waals surface area contributed by atoms with Gasteiger partial charge in [-0.05, 0) is 46.3 Å². The largest absolute Gasteiger partial charge is 0.390 e. The Kier molecular flexibility index (Phi) is 7.93. The predicted octanol–water partition coefficient (Wildman–Crippen LogP) is 3.28. The maximum Gasteiger partial charge on any atom is 0.228 e. The first-order valence-electron chi connectivity index (χ1n) is 15.1. The number of aliphatic imine (C=N–C) groups is 1. The normalized spacial score (nSPS) is 25.3. The maximum absolute atomic E-state index is 11.4. The summed E-state index contributed by atoms with van der Waals surface area (Å²) in [6.45, 7) is 13.1. The van der Waals surface area contributed by atoms with E-state index in [1.54, 1.807) is 27.0 Å². The fourth-order valence-electron chi connectivity index (χ4n) is 6.17. The Morgan fingerprint density at radius 3 is 2.35 bits per heavy atom. The number of ether oxygens (including phenoxy) is 2. The summed E-state index contributed by atoms with van der Waals surface area (Å²) in [6.07, 6.45) is 3.06. The number of fused-ring (bicyclic) bond motifs is 1. The average Bonchev–Trinajstić information content (AvgIpc) is 3.40. The van der Waals surface area contributed by atoms with Crippen molar-refractivity contribution in [2.45, 2.75) is 70.5 Å². The minimum atomic E-state index is -1.23. The molecule has 3 aliphatic heterocycles. The third-order valence-electron chi connectivity index (χ3n) is 8.06. The van der Waals surface area contributed by atoms with Gasteiger partial charge >= 0.3 is 0 Å². The molecular weight excluding hydrogens is 546 g/mol. The summed E-state index contributed by atoms with van der Waals surface area (Å²) in [5.41, 5.74) is 1.67. The second kappa shape index (κ2) is 11.5. The van der Waals surface area contributed by atoms with Crippen LogP contribution in [-0.2, 0) is 15.0 Å². The molecule has 5 heterocycles. The van der Waals surface area contributed by atoms with Crippen LogP contribution in [0.15, 0.2) is 47.0 Å². The van der Waals surface area contributed by atoms with Crippen molar-refractivity contribution in [1.29, 1.82) is 0 Å². The molecule has 2 aromatic heterocycles. The fraction of sp³-hybridized carbons (Fsp3) is 0.531. The summed E-state index contributed by atoms with van der Waals surface area (Å²) < 4.78 is 11.6. The molecule has 0 spiro atoms. The van der Waals surface area contributed by atoms with E-state index in [0.717, 1.165) is 17.0 Å². The Labute approximate surface area is 252 Å². The van der Waals surface area contributed by atoms with Crippen LogP contribution in [0, 0.1) is 0 Å². The van der Waals surface area contributed by atoms with Gasteiger partial charge in [0.15, 0.2) is 11.5 Å². The van der Waals surface area contributed by atoms with Crippen molar-refractivity contribution < 1.29 is 19.7 Å². The number of morpholine rings is 2. The molecule has 6 rings (SSSR count). The van der Waals surface area contributed by atoms with Crippen molar-refractivity contribution in [2.24, 2.45) is 4.99 Å². The quantitative estimate of drug-likeness (QED) is 0.425. The lowest BCUT2D eigenvalue weighted by Crippen LogP contribution is -2.46. The highest BCUT2D eigenvalue weighted by Crippen LogP contribution is 2.41. The van der Waals surface area contributed by atoms with Crippen LogP contribution in [0.3, 0.4) is 0 Å². The van der Waals surface area contributed by atoms with Crippen molar-refractivity contribution in [3.05, 3.63) is 47.7 Å². The summed E-state index contributed by atoms with van der Waals surface area (Å²) in [5, 5.41) is 21.9. The molecular formula is C32H41N7O4. The second-order valence-electron chi connectivity index (χ2n) is 12.5. The molecule has 11 heteroatoms. The third kappa shape index (κ3) is 5.99. The van der Waals surface area contributed by atoms with Gasteiger partial charge in [-0.25, -0.2) is 15.0 Å². The van der Waals surface area contributed by atoms with Gasteiger partial charge in [0.05, 0.1) is 37.1 Å². The van der Waals surface area contributed by atoms with Crippen molar-refractivity contribution >= 4 is 29.1 Å². The summed E-state index contributed by atoms with van der Waals surface area (Å²) >= 11 is 0. The van der Waals surface area contributed by atoms with Crippen molar-refractivity contribution in [3.63, 3.8) is 0 Å². The Hall–Kier alpha value is -3.51. The smallest absolute Gasteiger partial charge is 0.228 e. The molecule has 0 amide bonds. The molecule has 11 nitrogen and oxygen atoms in total. The van der Waals surface area contributed by atoms with Crippen LogP contribution in [0.1, 0.15) is 46.7 Å². The molecule has 0 saturated carbocycles. The first-order chi connectivity index (χ1) is 20.5. The van der Waals surface area contributed by atoms with Gasteiger partial charge in [0.2, 0.25) is 5.95 Å². The fourth-order valence-corrected chi connectivity index (χ4v) is 6.17. The van der Waals surface area contributed by atoms with Gasteiger partial charge in [0.1, 0.15) is 22.4 Å². The summed E-state index contributed by atoms with van der Waals surface area (Å²) in [4.78, 5) is 29.7. The number of nitrogens with zero attached hydrogens (tertiary/aromatic N) is 7. The van der Waals surface area contributed by atoms with Crippen LogP contribution >= 0.6 is 0 Å². The van der Waals surface area contributed by atoms with Gasteiger partial charge < -0.3 is 29.5 Å². The summed E-state index contributed by atoms with van der Waals surface area (Å²) in [7, 11) is 0. The van der Waals surface area contributed by atoms with Gasteiger partial charge in [-0.2, -0.15) is 4.98 Å². The molecule has 4 atom stereocenters. The van der Waals surface area contributed by atoms with Crippen LogP contribution < -0.4 is 9.80 Å². The predicted molar refractivity (Wildman–Crippen MR) is 167 cm³/mol. The molecule has 228 valence electrons. The van der Waals surface area contributed by atoms with Crippen LogP contribution in [0.2, 0.25) is 0 Å². The molecule has 3 aliphatic rings. The average molecular weight is 588 g/mol. The number of anilines is 2. The lowest BCUT2D eigenvalue weighted by molar-refractivity contribution is -0.00574. The Morgan fingerprint density at radius 2 is 1.70 bits per heavy atom. The molecule has 0 aliphatic carbocycles. The van der Waals surface area contributed by atoms with E-state index >= 15 is 0 Å². The van der Waals surface area contributed by atoms with Crippen molar-refractivity contribution in [2.75, 3.05) is 49.2 Å². The second-order valence-corrected chi connectivity index (χ2v) is 12.5. The van der Waals surface area contributed by atoms with Gasteiger partial charge in [0.25, 0.3) is 0 Å². The van der Waals surface area contributed by atoms with E-state index < -0.39 is 17.2 Å². The highest BCUT2D eigenvalue weighted by Gasteiger charge is 2.43. The molecule has 0 bridgehead atoms. The number of benzene rings is 1. The van der Waals surface area contributed by atoms with Crippen molar-refractivity contribution in [1.82, 2.24) is 19.9 Å². The molecule has 2 saturated heterocycles. The van der Waals surface area contributed by atoms with Crippen LogP contribution in [0.4, 0.5) is 11.8 Å². The number of hydrogen-bond donors (Lipinski definition) is 2. The van der Waals surface area contributed by atoms with E-state index in [1.165, 1.54) is 0 Å². The standard InChI is InChI=1S/C32H41N7O4/c1-20-18-39(19-21(2)43-20)30-35-27(32(22(3)40)16-23(17-33-32)15-31(4,5)41)26-28(37-30)36-29(38-11-13-42-14-12-38)25(34-26)24-9-7-6-8-10-24/h6-10,16-17,20-22,40-41H,11-15,18-19H2,1-5H3. The molecule has 4 unspecified atom stereocenters. The minimum absolute atomic E-state index is 0.00420. The summed E-state index contributed by atoms with van der Waals surface area (Å²) in [5.74, 6) is 1.24. The van der Waals surface area contributed by atoms with E-state index in [-0.39, 0.29) is 12.2 Å². The molecule has 0 radical (unpaired) electrons. The van der Waals surface area contributed by atoms with Gasteiger partial charge in [0, 0.05) is 44.4 Å². The Balaban J connectivity index is 1.61. The zero-order valence-electron chi connectivity index (χ0n) is 25.6. The molecule has 43 heavy (non-hydrogen) atoms. The number of aliphatic hydroxyl groups is 2. The lowest BCUT2D eigenvalue weighted by Gasteiger charge is -2.36. The number of aromatic nitrogens is 4. The molecule has 2 fully saturated rings. The molecule has 3 aromatic rings. The van der Waals surface area contributed by atoms with E-state index in [0.29, 0.717) is 74.3 Å².